The van der Waals surface area contributed by atoms with Gasteiger partial charge in [0.15, 0.2) is 9.84 Å². The second-order valence-corrected chi connectivity index (χ2v) is 8.47. The molecule has 0 bridgehead atoms. The first-order valence-corrected chi connectivity index (χ1v) is 10.8. The zero-order valence-corrected chi connectivity index (χ0v) is 17.5. The molecule has 0 fully saturated rings. The molecule has 0 radical (unpaired) electrons. The Bertz CT molecular complexity index is 1070. The molecule has 0 aliphatic carbocycles. The predicted octanol–water partition coefficient (Wildman–Crippen LogP) is 3.98. The second-order valence-electron chi connectivity index (χ2n) is 6.05. The van der Waals surface area contributed by atoms with Crippen LogP contribution in [0.15, 0.2) is 53.9 Å². The fourth-order valence-electron chi connectivity index (χ4n) is 2.32. The van der Waals surface area contributed by atoms with Gasteiger partial charge in [-0.05, 0) is 24.3 Å². The number of nitro benzene ring substituents is 1. The summed E-state index contributed by atoms with van der Waals surface area (Å²) in [7, 11) is -3.43. The van der Waals surface area contributed by atoms with Crippen LogP contribution in [0.2, 0.25) is 5.02 Å². The number of anilines is 1. The summed E-state index contributed by atoms with van der Waals surface area (Å²) in [4.78, 5) is 22.3. The van der Waals surface area contributed by atoms with Crippen LogP contribution >= 0.6 is 11.6 Å². The van der Waals surface area contributed by atoms with Gasteiger partial charge in [-0.15, -0.1) is 0 Å². The number of hydrogen-bond acceptors (Lipinski definition) is 8. The van der Waals surface area contributed by atoms with Crippen molar-refractivity contribution in [2.75, 3.05) is 24.7 Å². The van der Waals surface area contributed by atoms with Crippen molar-refractivity contribution in [3.05, 3.63) is 64.2 Å². The molecule has 0 atom stereocenters. The van der Waals surface area contributed by atoms with Crippen molar-refractivity contribution in [3.8, 4) is 11.5 Å². The maximum atomic E-state index is 11.6. The highest BCUT2D eigenvalue weighted by Gasteiger charge is 2.17. The van der Waals surface area contributed by atoms with Gasteiger partial charge in [0.05, 0.1) is 21.3 Å². The number of carbonyl (C=O) groups is 1. The zero-order valence-electron chi connectivity index (χ0n) is 16.0. The van der Waals surface area contributed by atoms with Gasteiger partial charge in [-0.25, -0.2) is 8.42 Å². The Labute approximate surface area is 178 Å². The number of carbonyl (C=O) groups excluding carboxylic acids is 1. The number of esters is 1. The number of rotatable bonds is 10. The molecule has 0 aliphatic rings. The first-order valence-electron chi connectivity index (χ1n) is 8.58. The van der Waals surface area contributed by atoms with Crippen molar-refractivity contribution >= 4 is 38.8 Å². The maximum Gasteiger partial charge on any atom is 0.307 e. The average molecular weight is 455 g/mol. The van der Waals surface area contributed by atoms with E-state index in [1.165, 1.54) is 42.5 Å². The lowest BCUT2D eigenvalue weighted by Gasteiger charge is -2.11. The highest BCUT2D eigenvalue weighted by molar-refractivity contribution is 7.90. The van der Waals surface area contributed by atoms with E-state index in [-0.39, 0.29) is 52.4 Å². The van der Waals surface area contributed by atoms with E-state index in [1.54, 1.807) is 0 Å². The van der Waals surface area contributed by atoms with Gasteiger partial charge < -0.3 is 14.8 Å². The summed E-state index contributed by atoms with van der Waals surface area (Å²) < 4.78 is 33.7. The van der Waals surface area contributed by atoms with Gasteiger partial charge in [-0.1, -0.05) is 24.3 Å². The lowest BCUT2D eigenvalue weighted by Crippen LogP contribution is -2.12. The molecule has 0 amide bonds. The third-order valence-corrected chi connectivity index (χ3v) is 5.14. The van der Waals surface area contributed by atoms with Gasteiger partial charge in [0.2, 0.25) is 0 Å². The molecular weight excluding hydrogens is 436 g/mol. The molecule has 9 nitrogen and oxygen atoms in total. The van der Waals surface area contributed by atoms with Gasteiger partial charge in [0.1, 0.15) is 23.8 Å². The minimum atomic E-state index is -3.43. The Morgan fingerprint density at radius 1 is 1.30 bits per heavy atom. The summed E-state index contributed by atoms with van der Waals surface area (Å²) in [5.41, 5.74) is -0.0711. The third kappa shape index (κ3) is 6.46. The molecular formula is C19H19ClN2O7S. The molecule has 2 aromatic carbocycles. The topological polar surface area (TPSA) is 125 Å². The van der Waals surface area contributed by atoms with Crippen LogP contribution in [0, 0.1) is 10.1 Å². The Morgan fingerprint density at radius 2 is 2.03 bits per heavy atom. The Balaban J connectivity index is 2.18. The zero-order chi connectivity index (χ0) is 22.3. The third-order valence-electron chi connectivity index (χ3n) is 3.73. The summed E-state index contributed by atoms with van der Waals surface area (Å²) in [5, 5.41) is 14.1. The molecule has 0 aliphatic heterocycles. The number of nitrogens with zero attached hydrogens (tertiary/aromatic N) is 1. The van der Waals surface area contributed by atoms with Crippen molar-refractivity contribution in [2.24, 2.45) is 0 Å². The number of hydrogen-bond donors (Lipinski definition) is 1. The van der Waals surface area contributed by atoms with E-state index >= 15 is 0 Å². The van der Waals surface area contributed by atoms with Crippen LogP contribution in [0.25, 0.3) is 0 Å². The first kappa shape index (κ1) is 23.2. The number of benzene rings is 2. The lowest BCUT2D eigenvalue weighted by atomic mass is 10.2. The average Bonchev–Trinajstić information content (AvgIpc) is 2.67. The van der Waals surface area contributed by atoms with Gasteiger partial charge in [-0.2, -0.15) is 0 Å². The van der Waals surface area contributed by atoms with E-state index in [2.05, 4.69) is 11.9 Å². The number of nitrogens with one attached hydrogen (secondary N) is 1. The molecule has 0 spiro atoms. The lowest BCUT2D eigenvalue weighted by molar-refractivity contribution is -0.384. The number of nitro groups is 1. The maximum absolute atomic E-state index is 11.6. The van der Waals surface area contributed by atoms with Crippen molar-refractivity contribution in [1.29, 1.82) is 0 Å². The number of ether oxygens (including phenoxy) is 2. The van der Waals surface area contributed by atoms with Crippen LogP contribution in [-0.4, -0.2) is 38.7 Å². The molecule has 2 rings (SSSR count). The van der Waals surface area contributed by atoms with Crippen LogP contribution in [-0.2, 0) is 19.4 Å². The van der Waals surface area contributed by atoms with Crippen LogP contribution in [0.4, 0.5) is 11.4 Å². The highest BCUT2D eigenvalue weighted by atomic mass is 35.5. The first-order chi connectivity index (χ1) is 14.1. The summed E-state index contributed by atoms with van der Waals surface area (Å²) in [6.45, 7) is 3.62. The Hall–Kier alpha value is -3.11. The monoisotopic (exact) mass is 454 g/mol. The normalized spacial score (nSPS) is 10.9. The van der Waals surface area contributed by atoms with E-state index in [1.807, 2.05) is 0 Å². The fourth-order valence-corrected chi connectivity index (χ4v) is 3.26. The molecule has 0 saturated heterocycles. The molecule has 30 heavy (non-hydrogen) atoms. The summed E-state index contributed by atoms with van der Waals surface area (Å²) in [6.07, 6.45) is 2.49. The molecule has 0 heterocycles. The minimum Gasteiger partial charge on any atom is -0.461 e. The Kier molecular flexibility index (Phi) is 7.79. The molecule has 11 heteroatoms. The predicted molar refractivity (Wildman–Crippen MR) is 112 cm³/mol. The SMILES string of the molecule is C=CCOC(=O)CCNc1cc(Oc2ccc(S(C)(=O)=O)cc2Cl)ccc1[N+](=O)[O-]. The standard InChI is InChI=1S/C19H19ClN2O7S/c1-3-10-28-19(23)8-9-21-16-11-13(4-6-17(16)22(24)25)29-18-7-5-14(12-15(18)20)30(2,26)27/h3-7,11-12,21H,1,8-10H2,2H3. The van der Waals surface area contributed by atoms with Crippen LogP contribution < -0.4 is 10.1 Å². The molecule has 0 saturated carbocycles. The van der Waals surface area contributed by atoms with E-state index in [4.69, 9.17) is 21.1 Å². The molecule has 0 unspecified atom stereocenters. The van der Waals surface area contributed by atoms with Gasteiger partial charge in [0, 0.05) is 24.9 Å². The summed E-state index contributed by atoms with van der Waals surface area (Å²) in [6, 6.07) is 7.99. The number of sulfone groups is 1. The van der Waals surface area contributed by atoms with E-state index in [0.717, 1.165) is 6.26 Å². The summed E-state index contributed by atoms with van der Waals surface area (Å²) in [5.74, 6) is -0.0709. The van der Waals surface area contributed by atoms with Gasteiger partial charge >= 0.3 is 5.97 Å². The van der Waals surface area contributed by atoms with Crippen molar-refractivity contribution < 1.29 is 27.6 Å². The smallest absolute Gasteiger partial charge is 0.307 e. The van der Waals surface area contributed by atoms with E-state index in [9.17, 15) is 23.3 Å². The molecule has 1 N–H and O–H groups in total. The molecule has 160 valence electrons. The van der Waals surface area contributed by atoms with Crippen molar-refractivity contribution in [3.63, 3.8) is 0 Å². The minimum absolute atomic E-state index is 0.00510. The Morgan fingerprint density at radius 3 is 2.63 bits per heavy atom. The van der Waals surface area contributed by atoms with Crippen LogP contribution in [0.1, 0.15) is 6.42 Å². The number of halogens is 1. The second kappa shape index (κ2) is 10.1. The van der Waals surface area contributed by atoms with Crippen LogP contribution in [0.3, 0.4) is 0 Å². The quantitative estimate of drug-likeness (QED) is 0.247. The largest absolute Gasteiger partial charge is 0.461 e. The van der Waals surface area contributed by atoms with Crippen LogP contribution in [0.5, 0.6) is 11.5 Å². The summed E-state index contributed by atoms with van der Waals surface area (Å²) >= 11 is 6.10. The van der Waals surface area contributed by atoms with Crippen molar-refractivity contribution in [1.82, 2.24) is 0 Å². The molecule has 2 aromatic rings. The van der Waals surface area contributed by atoms with E-state index in [0.29, 0.717) is 0 Å². The molecule has 0 aromatic heterocycles. The van der Waals surface area contributed by atoms with Gasteiger partial charge in [0.25, 0.3) is 5.69 Å². The van der Waals surface area contributed by atoms with Crippen molar-refractivity contribution in [2.45, 2.75) is 11.3 Å². The highest BCUT2D eigenvalue weighted by Crippen LogP contribution is 2.35. The van der Waals surface area contributed by atoms with E-state index < -0.39 is 20.7 Å². The fraction of sp³-hybridized carbons (Fsp3) is 0.211. The van der Waals surface area contributed by atoms with Gasteiger partial charge in [-0.3, -0.25) is 14.9 Å².